The molecule has 20 heavy (non-hydrogen) atoms. The number of alkyl halides is 1. The Hall–Kier alpha value is -1.15. The molecule has 0 aliphatic rings. The highest BCUT2D eigenvalue weighted by atomic mass is 79.9. The van der Waals surface area contributed by atoms with Crippen molar-refractivity contribution in [1.82, 2.24) is 4.98 Å². The van der Waals surface area contributed by atoms with Gasteiger partial charge in [-0.25, -0.2) is 0 Å². The topological polar surface area (TPSA) is 12.9 Å². The molecule has 2 heteroatoms. The van der Waals surface area contributed by atoms with Gasteiger partial charge in [-0.2, -0.15) is 0 Å². The molecule has 0 radical (unpaired) electrons. The summed E-state index contributed by atoms with van der Waals surface area (Å²) in [6.07, 6.45) is 2.78. The molecule has 0 saturated carbocycles. The number of pyridine rings is 1. The predicted octanol–water partition coefficient (Wildman–Crippen LogP) is 5.37. The third kappa shape index (κ3) is 3.69. The van der Waals surface area contributed by atoms with E-state index in [9.17, 15) is 0 Å². The second-order valence-electron chi connectivity index (χ2n) is 6.31. The molecule has 0 bridgehead atoms. The average Bonchev–Trinajstić information content (AvgIpc) is 2.40. The van der Waals surface area contributed by atoms with Crippen molar-refractivity contribution in [2.45, 2.75) is 44.4 Å². The van der Waals surface area contributed by atoms with Crippen molar-refractivity contribution in [1.29, 1.82) is 0 Å². The van der Waals surface area contributed by atoms with Crippen LogP contribution in [-0.4, -0.2) is 4.98 Å². The molecule has 1 unspecified atom stereocenters. The standard InChI is InChI=1S/C18H22BrN/c1-13-6-5-11-20-17(13)12-16(19)14-7-9-15(10-8-14)18(2,3)4/h5-11,16H,12H2,1-4H3. The van der Waals surface area contributed by atoms with Gasteiger partial charge in [-0.3, -0.25) is 4.98 Å². The molecule has 1 aromatic heterocycles. The SMILES string of the molecule is Cc1cccnc1CC(Br)c1ccc(C(C)(C)C)cc1. The molecule has 1 nitrogen and oxygen atoms in total. The van der Waals surface area contributed by atoms with Gasteiger partial charge < -0.3 is 0 Å². The van der Waals surface area contributed by atoms with Crippen molar-refractivity contribution in [3.8, 4) is 0 Å². The van der Waals surface area contributed by atoms with Gasteiger partial charge in [-0.15, -0.1) is 0 Å². The van der Waals surface area contributed by atoms with E-state index in [2.05, 4.69) is 78.9 Å². The molecule has 0 N–H and O–H groups in total. The minimum Gasteiger partial charge on any atom is -0.261 e. The highest BCUT2D eigenvalue weighted by Crippen LogP contribution is 2.29. The van der Waals surface area contributed by atoms with Crippen LogP contribution in [0, 0.1) is 6.92 Å². The Labute approximate surface area is 130 Å². The smallest absolute Gasteiger partial charge is 0.0450 e. The van der Waals surface area contributed by atoms with E-state index in [1.54, 1.807) is 0 Å². The van der Waals surface area contributed by atoms with Crippen LogP contribution in [0.5, 0.6) is 0 Å². The Morgan fingerprint density at radius 1 is 1.10 bits per heavy atom. The van der Waals surface area contributed by atoms with Crippen LogP contribution < -0.4 is 0 Å². The highest BCUT2D eigenvalue weighted by Gasteiger charge is 2.15. The summed E-state index contributed by atoms with van der Waals surface area (Å²) in [6, 6.07) is 13.0. The monoisotopic (exact) mass is 331 g/mol. The summed E-state index contributed by atoms with van der Waals surface area (Å²) in [6.45, 7) is 8.84. The molecule has 0 fully saturated rings. The molecular formula is C18H22BrN. The lowest BCUT2D eigenvalue weighted by atomic mass is 9.86. The zero-order chi connectivity index (χ0) is 14.8. The molecular weight excluding hydrogens is 310 g/mol. The molecule has 2 rings (SSSR count). The quantitative estimate of drug-likeness (QED) is 0.689. The Bertz CT molecular complexity index is 567. The number of halogens is 1. The number of hydrogen-bond donors (Lipinski definition) is 0. The molecule has 0 amide bonds. The van der Waals surface area contributed by atoms with Crippen LogP contribution in [0.2, 0.25) is 0 Å². The summed E-state index contributed by atoms with van der Waals surface area (Å²) >= 11 is 3.79. The van der Waals surface area contributed by atoms with E-state index in [4.69, 9.17) is 0 Å². The van der Waals surface area contributed by atoms with Crippen molar-refractivity contribution in [3.05, 3.63) is 65.0 Å². The van der Waals surface area contributed by atoms with Crippen LogP contribution in [0.25, 0.3) is 0 Å². The van der Waals surface area contributed by atoms with E-state index in [1.807, 2.05) is 12.3 Å². The maximum absolute atomic E-state index is 4.47. The molecule has 0 saturated heterocycles. The number of aromatic nitrogens is 1. The van der Waals surface area contributed by atoms with E-state index < -0.39 is 0 Å². The molecule has 1 aromatic carbocycles. The first-order valence-corrected chi connectivity index (χ1v) is 7.94. The second kappa shape index (κ2) is 6.09. The van der Waals surface area contributed by atoms with E-state index >= 15 is 0 Å². The molecule has 2 aromatic rings. The lowest BCUT2D eigenvalue weighted by molar-refractivity contribution is 0.590. The van der Waals surface area contributed by atoms with Crippen LogP contribution in [0.4, 0.5) is 0 Å². The number of rotatable bonds is 3. The molecule has 106 valence electrons. The van der Waals surface area contributed by atoms with Crippen LogP contribution >= 0.6 is 15.9 Å². The molecule has 0 aliphatic carbocycles. The molecule has 0 aliphatic heterocycles. The van der Waals surface area contributed by atoms with Gasteiger partial charge in [0.2, 0.25) is 0 Å². The van der Waals surface area contributed by atoms with Crippen molar-refractivity contribution >= 4 is 15.9 Å². The molecule has 1 atom stereocenters. The summed E-state index contributed by atoms with van der Waals surface area (Å²) < 4.78 is 0. The van der Waals surface area contributed by atoms with Gasteiger partial charge in [0.15, 0.2) is 0 Å². The number of benzene rings is 1. The minimum absolute atomic E-state index is 0.206. The van der Waals surface area contributed by atoms with Crippen molar-refractivity contribution < 1.29 is 0 Å². The van der Waals surface area contributed by atoms with Gasteiger partial charge in [0.25, 0.3) is 0 Å². The molecule has 0 spiro atoms. The Kier molecular flexibility index (Phi) is 4.64. The lowest BCUT2D eigenvalue weighted by Crippen LogP contribution is -2.11. The number of hydrogen-bond acceptors (Lipinski definition) is 1. The fourth-order valence-corrected chi connectivity index (χ4v) is 2.82. The summed E-state index contributed by atoms with van der Waals surface area (Å²) in [5.41, 5.74) is 5.30. The van der Waals surface area contributed by atoms with Crippen molar-refractivity contribution in [2.75, 3.05) is 0 Å². The van der Waals surface area contributed by atoms with Gasteiger partial charge >= 0.3 is 0 Å². The lowest BCUT2D eigenvalue weighted by Gasteiger charge is -2.20. The van der Waals surface area contributed by atoms with E-state index in [-0.39, 0.29) is 5.41 Å². The van der Waals surface area contributed by atoms with Crippen LogP contribution in [0.15, 0.2) is 42.6 Å². The van der Waals surface area contributed by atoms with Crippen LogP contribution in [0.1, 0.15) is 48.0 Å². The first-order valence-electron chi connectivity index (χ1n) is 7.03. The Morgan fingerprint density at radius 3 is 2.30 bits per heavy atom. The Balaban J connectivity index is 2.14. The summed E-state index contributed by atoms with van der Waals surface area (Å²) in [5.74, 6) is 0. The maximum Gasteiger partial charge on any atom is 0.0450 e. The van der Waals surface area contributed by atoms with Gasteiger partial charge in [0.05, 0.1) is 0 Å². The van der Waals surface area contributed by atoms with E-state index in [0.717, 1.165) is 12.1 Å². The average molecular weight is 332 g/mol. The number of nitrogens with zero attached hydrogens (tertiary/aromatic N) is 1. The normalized spacial score (nSPS) is 13.2. The second-order valence-corrected chi connectivity index (χ2v) is 7.42. The minimum atomic E-state index is 0.206. The summed E-state index contributed by atoms with van der Waals surface area (Å²) in [5, 5.41) is 0. The van der Waals surface area contributed by atoms with Gasteiger partial charge in [0, 0.05) is 23.1 Å². The fourth-order valence-electron chi connectivity index (χ4n) is 2.21. The molecule has 1 heterocycles. The van der Waals surface area contributed by atoms with Gasteiger partial charge in [0.1, 0.15) is 0 Å². The summed E-state index contributed by atoms with van der Waals surface area (Å²) in [4.78, 5) is 4.78. The first-order chi connectivity index (χ1) is 9.38. The summed E-state index contributed by atoms with van der Waals surface area (Å²) in [7, 11) is 0. The first kappa shape index (κ1) is 15.2. The highest BCUT2D eigenvalue weighted by molar-refractivity contribution is 9.09. The fraction of sp³-hybridized carbons (Fsp3) is 0.389. The van der Waals surface area contributed by atoms with E-state index in [1.165, 1.54) is 16.7 Å². The van der Waals surface area contributed by atoms with Crippen LogP contribution in [0.3, 0.4) is 0 Å². The third-order valence-electron chi connectivity index (χ3n) is 3.63. The maximum atomic E-state index is 4.47. The Morgan fingerprint density at radius 2 is 1.75 bits per heavy atom. The van der Waals surface area contributed by atoms with Gasteiger partial charge in [-0.1, -0.05) is 67.0 Å². The van der Waals surface area contributed by atoms with Crippen molar-refractivity contribution in [2.24, 2.45) is 0 Å². The predicted molar refractivity (Wildman–Crippen MR) is 89.5 cm³/mol. The van der Waals surface area contributed by atoms with E-state index in [0.29, 0.717) is 4.83 Å². The number of aryl methyl sites for hydroxylation is 1. The largest absolute Gasteiger partial charge is 0.261 e. The van der Waals surface area contributed by atoms with Crippen LogP contribution in [-0.2, 0) is 11.8 Å². The zero-order valence-electron chi connectivity index (χ0n) is 12.7. The van der Waals surface area contributed by atoms with Crippen molar-refractivity contribution in [3.63, 3.8) is 0 Å². The third-order valence-corrected chi connectivity index (χ3v) is 4.48. The zero-order valence-corrected chi connectivity index (χ0v) is 14.2. The van der Waals surface area contributed by atoms with Gasteiger partial charge in [-0.05, 0) is 35.1 Å².